The molecule has 2 aromatic rings. The highest BCUT2D eigenvalue weighted by Gasteiger charge is 2.30. The molecule has 0 radical (unpaired) electrons. The lowest BCUT2D eigenvalue weighted by Crippen LogP contribution is -2.39. The molecule has 0 aliphatic heterocycles. The van der Waals surface area contributed by atoms with Gasteiger partial charge in [0.05, 0.1) is 11.7 Å². The first-order valence-electron chi connectivity index (χ1n) is 7.28. The number of rotatable bonds is 6. The van der Waals surface area contributed by atoms with Crippen LogP contribution >= 0.6 is 0 Å². The Balaban J connectivity index is 2.03. The van der Waals surface area contributed by atoms with E-state index < -0.39 is 21.0 Å². The Bertz CT molecular complexity index is 768. The number of carbonyl (C=O) groups excluding carboxylic acids is 1. The van der Waals surface area contributed by atoms with Gasteiger partial charge in [-0.25, -0.2) is 8.42 Å². The molecule has 6 nitrogen and oxygen atoms in total. The molecular formula is C16H20N2O4S. The predicted octanol–water partition coefficient (Wildman–Crippen LogP) is 2.16. The first-order valence-corrected chi connectivity index (χ1v) is 9.00. The molecule has 2 unspecified atom stereocenters. The maximum Gasteiger partial charge on any atom is 0.238 e. The van der Waals surface area contributed by atoms with Gasteiger partial charge in [-0.2, -0.15) is 0 Å². The van der Waals surface area contributed by atoms with Gasteiger partial charge in [0.25, 0.3) is 0 Å². The van der Waals surface area contributed by atoms with Gasteiger partial charge in [-0.15, -0.1) is 0 Å². The predicted molar refractivity (Wildman–Crippen MR) is 86.3 cm³/mol. The fraction of sp³-hybridized carbons (Fsp3) is 0.375. The van der Waals surface area contributed by atoms with Crippen LogP contribution in [0.5, 0.6) is 0 Å². The van der Waals surface area contributed by atoms with Crippen LogP contribution in [0.4, 0.5) is 0 Å². The fourth-order valence-electron chi connectivity index (χ4n) is 2.13. The van der Waals surface area contributed by atoms with Gasteiger partial charge in [-0.3, -0.25) is 4.79 Å². The molecule has 1 aromatic heterocycles. The summed E-state index contributed by atoms with van der Waals surface area (Å²) in [7, 11) is -3.67. The second-order valence-corrected chi connectivity index (χ2v) is 7.85. The van der Waals surface area contributed by atoms with Crippen LogP contribution in [0.25, 0.3) is 0 Å². The fourth-order valence-corrected chi connectivity index (χ4v) is 3.30. The zero-order chi connectivity index (χ0) is 17.0. The largest absolute Gasteiger partial charge is 0.360 e. The van der Waals surface area contributed by atoms with Crippen molar-refractivity contribution in [3.8, 4) is 0 Å². The minimum atomic E-state index is -3.67. The van der Waals surface area contributed by atoms with Crippen LogP contribution in [0, 0.1) is 6.92 Å². The Morgan fingerprint density at radius 3 is 2.48 bits per heavy atom. The van der Waals surface area contributed by atoms with E-state index in [1.807, 2.05) is 37.3 Å². The first kappa shape index (κ1) is 17.2. The minimum absolute atomic E-state index is 0.234. The summed E-state index contributed by atoms with van der Waals surface area (Å²) in [6.45, 7) is 4.90. The molecule has 0 aliphatic carbocycles. The summed E-state index contributed by atoms with van der Waals surface area (Å²) in [6, 6.07) is 10.6. The number of hydrogen-bond acceptors (Lipinski definition) is 5. The van der Waals surface area contributed by atoms with E-state index in [0.29, 0.717) is 5.69 Å². The Hall–Kier alpha value is -2.15. The maximum absolute atomic E-state index is 12.3. The normalized spacial score (nSPS) is 14.2. The molecule has 1 amide bonds. The van der Waals surface area contributed by atoms with Crippen molar-refractivity contribution in [3.63, 3.8) is 0 Å². The van der Waals surface area contributed by atoms with Crippen LogP contribution in [-0.4, -0.2) is 24.7 Å². The minimum Gasteiger partial charge on any atom is -0.360 e. The molecule has 1 aromatic carbocycles. The standard InChI is InChI=1S/C16H20N2O4S/c1-11-9-15(22-18-11)10-23(20,21)13(3)16(19)17-12(2)14-7-5-4-6-8-14/h4-9,12-13H,10H2,1-3H3,(H,17,19). The van der Waals surface area contributed by atoms with E-state index >= 15 is 0 Å². The molecular weight excluding hydrogens is 316 g/mol. The number of nitrogens with one attached hydrogen (secondary N) is 1. The number of nitrogens with zero attached hydrogens (tertiary/aromatic N) is 1. The molecule has 2 rings (SSSR count). The smallest absolute Gasteiger partial charge is 0.238 e. The van der Waals surface area contributed by atoms with Gasteiger partial charge in [0.1, 0.15) is 11.0 Å². The summed E-state index contributed by atoms with van der Waals surface area (Å²) in [6.07, 6.45) is 0. The SMILES string of the molecule is Cc1cc(CS(=O)(=O)C(C)C(=O)NC(C)c2ccccc2)on1. The summed E-state index contributed by atoms with van der Waals surface area (Å²) >= 11 is 0. The highest BCUT2D eigenvalue weighted by molar-refractivity contribution is 7.92. The third-order valence-electron chi connectivity index (χ3n) is 3.59. The Kier molecular flexibility index (Phi) is 5.20. The Labute approximate surface area is 135 Å². The third kappa shape index (κ3) is 4.41. The van der Waals surface area contributed by atoms with Gasteiger partial charge in [0.2, 0.25) is 5.91 Å². The average molecular weight is 336 g/mol. The van der Waals surface area contributed by atoms with Crippen molar-refractivity contribution in [2.75, 3.05) is 0 Å². The third-order valence-corrected chi connectivity index (χ3v) is 5.56. The van der Waals surface area contributed by atoms with Gasteiger partial charge in [-0.05, 0) is 26.3 Å². The molecule has 1 N–H and O–H groups in total. The topological polar surface area (TPSA) is 89.3 Å². The van der Waals surface area contributed by atoms with Gasteiger partial charge in [0, 0.05) is 6.07 Å². The molecule has 124 valence electrons. The Morgan fingerprint density at radius 1 is 1.26 bits per heavy atom. The van der Waals surface area contributed by atoms with Crippen molar-refractivity contribution < 1.29 is 17.7 Å². The van der Waals surface area contributed by atoms with Gasteiger partial charge < -0.3 is 9.84 Å². The molecule has 0 aliphatic rings. The summed E-state index contributed by atoms with van der Waals surface area (Å²) in [5.41, 5.74) is 1.52. The molecule has 0 saturated carbocycles. The monoisotopic (exact) mass is 336 g/mol. The van der Waals surface area contributed by atoms with Gasteiger partial charge in [0.15, 0.2) is 15.6 Å². The van der Waals surface area contributed by atoms with Crippen molar-refractivity contribution in [1.82, 2.24) is 10.5 Å². The van der Waals surface area contributed by atoms with Gasteiger partial charge >= 0.3 is 0 Å². The summed E-state index contributed by atoms with van der Waals surface area (Å²) < 4.78 is 29.6. The van der Waals surface area contributed by atoms with E-state index in [9.17, 15) is 13.2 Å². The maximum atomic E-state index is 12.3. The number of sulfone groups is 1. The number of amides is 1. The van der Waals surface area contributed by atoms with Crippen molar-refractivity contribution in [3.05, 3.63) is 53.4 Å². The lowest BCUT2D eigenvalue weighted by molar-refractivity contribution is -0.121. The molecule has 1 heterocycles. The molecule has 0 saturated heterocycles. The molecule has 0 spiro atoms. The average Bonchev–Trinajstić information content (AvgIpc) is 2.91. The zero-order valence-electron chi connectivity index (χ0n) is 13.3. The van der Waals surface area contributed by atoms with Crippen LogP contribution in [-0.2, 0) is 20.4 Å². The van der Waals surface area contributed by atoms with E-state index in [1.54, 1.807) is 13.0 Å². The van der Waals surface area contributed by atoms with Gasteiger partial charge in [-0.1, -0.05) is 35.5 Å². The van der Waals surface area contributed by atoms with Crippen molar-refractivity contribution in [1.29, 1.82) is 0 Å². The highest BCUT2D eigenvalue weighted by atomic mass is 32.2. The summed E-state index contributed by atoms with van der Waals surface area (Å²) in [5, 5.41) is 5.21. The van der Waals surface area contributed by atoms with E-state index in [0.717, 1.165) is 5.56 Å². The highest BCUT2D eigenvalue weighted by Crippen LogP contribution is 2.15. The number of carbonyl (C=O) groups is 1. The summed E-state index contributed by atoms with van der Waals surface area (Å²) in [5.74, 6) is -0.641. The first-order chi connectivity index (χ1) is 10.8. The summed E-state index contributed by atoms with van der Waals surface area (Å²) in [4.78, 5) is 12.2. The molecule has 23 heavy (non-hydrogen) atoms. The van der Waals surface area contributed by atoms with Crippen molar-refractivity contribution in [2.45, 2.75) is 37.8 Å². The second kappa shape index (κ2) is 6.95. The van der Waals surface area contributed by atoms with Crippen LogP contribution in [0.2, 0.25) is 0 Å². The van der Waals surface area contributed by atoms with Crippen molar-refractivity contribution in [2.24, 2.45) is 0 Å². The number of aromatic nitrogens is 1. The number of benzene rings is 1. The molecule has 0 fully saturated rings. The van der Waals surface area contributed by atoms with E-state index in [1.165, 1.54) is 6.92 Å². The van der Waals surface area contributed by atoms with Crippen LogP contribution in [0.3, 0.4) is 0 Å². The Morgan fingerprint density at radius 2 is 1.91 bits per heavy atom. The molecule has 2 atom stereocenters. The molecule has 7 heteroatoms. The lowest BCUT2D eigenvalue weighted by Gasteiger charge is -2.17. The zero-order valence-corrected chi connectivity index (χ0v) is 14.1. The molecule has 0 bridgehead atoms. The van der Waals surface area contributed by atoms with Crippen LogP contribution < -0.4 is 5.32 Å². The quantitative estimate of drug-likeness (QED) is 0.873. The van der Waals surface area contributed by atoms with E-state index in [4.69, 9.17) is 4.52 Å². The van der Waals surface area contributed by atoms with E-state index in [-0.39, 0.29) is 17.6 Å². The lowest BCUT2D eigenvalue weighted by atomic mass is 10.1. The van der Waals surface area contributed by atoms with Crippen molar-refractivity contribution >= 4 is 15.7 Å². The second-order valence-electron chi connectivity index (χ2n) is 5.52. The van der Waals surface area contributed by atoms with Crippen LogP contribution in [0.1, 0.15) is 36.9 Å². The number of hydrogen-bond donors (Lipinski definition) is 1. The number of aryl methyl sites for hydroxylation is 1. The van der Waals surface area contributed by atoms with E-state index in [2.05, 4.69) is 10.5 Å². The van der Waals surface area contributed by atoms with Crippen LogP contribution in [0.15, 0.2) is 40.9 Å².